The summed E-state index contributed by atoms with van der Waals surface area (Å²) in [4.78, 5) is 34.7. The van der Waals surface area contributed by atoms with Gasteiger partial charge in [-0.2, -0.15) is 0 Å². The number of rotatable bonds is 7. The van der Waals surface area contributed by atoms with Crippen LogP contribution < -0.4 is 29.3 Å². The number of hydrogen-bond donors (Lipinski definition) is 0. The van der Waals surface area contributed by atoms with Crippen LogP contribution in [0.2, 0.25) is 0 Å². The van der Waals surface area contributed by atoms with Gasteiger partial charge in [0.1, 0.15) is 0 Å². The monoisotopic (exact) mass is 547 g/mol. The van der Waals surface area contributed by atoms with Crippen molar-refractivity contribution in [2.45, 2.75) is 39.7 Å². The van der Waals surface area contributed by atoms with Crippen LogP contribution in [0.15, 0.2) is 57.5 Å². The zero-order chi connectivity index (χ0) is 27.7. The Kier molecular flexibility index (Phi) is 7.61. The zero-order valence-electron chi connectivity index (χ0n) is 22.9. The average molecular weight is 548 g/mol. The molecule has 8 nitrogen and oxygen atoms in total. The molecule has 1 saturated heterocycles. The molecule has 0 radical (unpaired) electrons. The van der Waals surface area contributed by atoms with Gasteiger partial charge in [-0.1, -0.05) is 23.5 Å². The van der Waals surface area contributed by atoms with Gasteiger partial charge in [-0.25, -0.2) is 9.79 Å². The average Bonchev–Trinajstić information content (AvgIpc) is 3.56. The van der Waals surface area contributed by atoms with Gasteiger partial charge >= 0.3 is 5.97 Å². The summed E-state index contributed by atoms with van der Waals surface area (Å²) in [6, 6.07) is 11.0. The number of aryl methyl sites for hydroxylation is 1. The predicted molar refractivity (Wildman–Crippen MR) is 153 cm³/mol. The van der Waals surface area contributed by atoms with Crippen molar-refractivity contribution in [2.75, 3.05) is 38.8 Å². The first-order valence-electron chi connectivity index (χ1n) is 13.1. The van der Waals surface area contributed by atoms with Crippen LogP contribution in [0.3, 0.4) is 0 Å². The van der Waals surface area contributed by atoms with E-state index in [2.05, 4.69) is 35.0 Å². The number of fused-ring (bicyclic) bond motifs is 1. The third kappa shape index (κ3) is 4.98. The molecule has 0 spiro atoms. The predicted octanol–water partition coefficient (Wildman–Crippen LogP) is 3.72. The second-order valence-corrected chi connectivity index (χ2v) is 10.7. The van der Waals surface area contributed by atoms with Gasteiger partial charge in [0.2, 0.25) is 0 Å². The summed E-state index contributed by atoms with van der Waals surface area (Å²) in [5, 5.41) is 0. The van der Waals surface area contributed by atoms with Crippen molar-refractivity contribution in [3.63, 3.8) is 0 Å². The Morgan fingerprint density at radius 2 is 1.82 bits per heavy atom. The number of carbonyl (C=O) groups is 1. The summed E-state index contributed by atoms with van der Waals surface area (Å²) in [6.07, 6.45) is 4.34. The smallest absolute Gasteiger partial charge is 0.338 e. The number of allylic oxidation sites excluding steroid dienone is 1. The standard InChI is InChI=1S/C30H33N3O5S/c1-6-38-29(35)26-19(3)31-30-33(27(26)21-10-12-23(36-4)24(17-21)37-5)28(34)25(39-30)16-20-9-11-22(18(2)15-20)32-13-7-8-14-32/h9-12,15-17,27H,6-8,13-14H2,1-5H3/b25-16+/t27-/m0/s1. The number of benzene rings is 2. The van der Waals surface area contributed by atoms with Gasteiger partial charge in [-0.05, 0) is 80.6 Å². The molecule has 0 saturated carbocycles. The van der Waals surface area contributed by atoms with Crippen LogP contribution in [0.5, 0.6) is 11.5 Å². The van der Waals surface area contributed by atoms with Crippen molar-refractivity contribution in [2.24, 2.45) is 4.99 Å². The van der Waals surface area contributed by atoms with Gasteiger partial charge in [0.15, 0.2) is 16.3 Å². The summed E-state index contributed by atoms with van der Waals surface area (Å²) in [5.74, 6) is 0.560. The molecule has 0 amide bonds. The molecule has 2 aliphatic heterocycles. The Balaban J connectivity index is 1.65. The molecule has 2 aromatic carbocycles. The largest absolute Gasteiger partial charge is 0.493 e. The van der Waals surface area contributed by atoms with Crippen molar-refractivity contribution < 1.29 is 19.0 Å². The van der Waals surface area contributed by atoms with Gasteiger partial charge < -0.3 is 19.1 Å². The van der Waals surface area contributed by atoms with Crippen LogP contribution in [-0.2, 0) is 9.53 Å². The first-order chi connectivity index (χ1) is 18.9. The van der Waals surface area contributed by atoms with Crippen LogP contribution in [0, 0.1) is 6.92 Å². The summed E-state index contributed by atoms with van der Waals surface area (Å²) in [5.41, 5.74) is 4.71. The Labute approximate surface area is 231 Å². The second kappa shape index (κ2) is 11.1. The highest BCUT2D eigenvalue weighted by molar-refractivity contribution is 7.07. The highest BCUT2D eigenvalue weighted by atomic mass is 32.1. The Hall–Kier alpha value is -3.85. The fourth-order valence-electron chi connectivity index (χ4n) is 5.36. The summed E-state index contributed by atoms with van der Waals surface area (Å²) >= 11 is 1.31. The van der Waals surface area contributed by atoms with Gasteiger partial charge in [0.05, 0.1) is 42.7 Å². The highest BCUT2D eigenvalue weighted by Crippen LogP contribution is 2.36. The van der Waals surface area contributed by atoms with Crippen molar-refractivity contribution in [1.82, 2.24) is 4.57 Å². The third-order valence-corrected chi connectivity index (χ3v) is 8.19. The number of anilines is 1. The Morgan fingerprint density at radius 1 is 1.08 bits per heavy atom. The molecule has 0 bridgehead atoms. The third-order valence-electron chi connectivity index (χ3n) is 7.21. The quantitative estimate of drug-likeness (QED) is 0.420. The fourth-order valence-corrected chi connectivity index (χ4v) is 6.41. The number of esters is 1. The molecule has 3 heterocycles. The number of methoxy groups -OCH3 is 2. The number of hydrogen-bond acceptors (Lipinski definition) is 8. The van der Waals surface area contributed by atoms with E-state index in [9.17, 15) is 9.59 Å². The molecule has 5 rings (SSSR count). The van der Waals surface area contributed by atoms with Gasteiger partial charge in [-0.3, -0.25) is 9.36 Å². The molecule has 2 aliphatic rings. The first kappa shape index (κ1) is 26.7. The molecule has 0 N–H and O–H groups in total. The number of nitrogens with zero attached hydrogens (tertiary/aromatic N) is 3. The highest BCUT2D eigenvalue weighted by Gasteiger charge is 2.34. The van der Waals surface area contributed by atoms with Crippen molar-refractivity contribution in [1.29, 1.82) is 0 Å². The maximum absolute atomic E-state index is 13.9. The lowest BCUT2D eigenvalue weighted by Gasteiger charge is -2.25. The summed E-state index contributed by atoms with van der Waals surface area (Å²) in [7, 11) is 3.12. The molecule has 1 aromatic heterocycles. The van der Waals surface area contributed by atoms with Crippen molar-refractivity contribution in [3.8, 4) is 11.5 Å². The van der Waals surface area contributed by atoms with E-state index in [0.29, 0.717) is 37.7 Å². The fraction of sp³-hybridized carbons (Fsp3) is 0.367. The SMILES string of the molecule is CCOC(=O)C1=C(C)N=c2s/c(=C/c3ccc(N4CCCC4)c(C)c3)c(=O)n2[C@H]1c1ccc(OC)c(OC)c1. The molecule has 39 heavy (non-hydrogen) atoms. The van der Waals surface area contributed by atoms with E-state index < -0.39 is 12.0 Å². The van der Waals surface area contributed by atoms with E-state index in [-0.39, 0.29) is 12.2 Å². The van der Waals surface area contributed by atoms with Crippen molar-refractivity contribution >= 4 is 29.1 Å². The number of thiazole rings is 1. The van der Waals surface area contributed by atoms with E-state index in [4.69, 9.17) is 14.2 Å². The number of ether oxygens (including phenoxy) is 3. The van der Waals surface area contributed by atoms with Gasteiger partial charge in [0, 0.05) is 18.8 Å². The topological polar surface area (TPSA) is 82.4 Å². The second-order valence-electron chi connectivity index (χ2n) is 9.66. The normalized spacial score (nSPS) is 17.2. The van der Waals surface area contributed by atoms with Crippen LogP contribution >= 0.6 is 11.3 Å². The lowest BCUT2D eigenvalue weighted by molar-refractivity contribution is -0.139. The van der Waals surface area contributed by atoms with Crippen molar-refractivity contribution in [3.05, 3.63) is 84.0 Å². The molecular weight excluding hydrogens is 514 g/mol. The van der Waals surface area contributed by atoms with Crippen LogP contribution in [0.4, 0.5) is 5.69 Å². The Morgan fingerprint density at radius 3 is 2.49 bits per heavy atom. The maximum atomic E-state index is 13.9. The van der Waals surface area contributed by atoms with E-state index in [1.165, 1.54) is 35.4 Å². The molecule has 9 heteroatoms. The lowest BCUT2D eigenvalue weighted by Crippen LogP contribution is -2.40. The molecule has 1 fully saturated rings. The number of aromatic nitrogens is 1. The minimum atomic E-state index is -0.721. The molecule has 3 aromatic rings. The molecule has 204 valence electrons. The van der Waals surface area contributed by atoms with E-state index in [1.54, 1.807) is 44.8 Å². The molecule has 1 atom stereocenters. The summed E-state index contributed by atoms with van der Waals surface area (Å²) in [6.45, 7) is 8.02. The molecule has 0 aliphatic carbocycles. The zero-order valence-corrected chi connectivity index (χ0v) is 23.8. The number of carbonyl (C=O) groups excluding carboxylic acids is 1. The Bertz CT molecular complexity index is 1630. The van der Waals surface area contributed by atoms with E-state index >= 15 is 0 Å². The summed E-state index contributed by atoms with van der Waals surface area (Å²) < 4.78 is 18.5. The maximum Gasteiger partial charge on any atom is 0.338 e. The minimum Gasteiger partial charge on any atom is -0.493 e. The first-order valence-corrected chi connectivity index (χ1v) is 13.9. The molecular formula is C30H33N3O5S. The van der Waals surface area contributed by atoms with Crippen LogP contribution in [0.1, 0.15) is 49.4 Å². The molecule has 0 unspecified atom stereocenters. The van der Waals surface area contributed by atoms with Crippen LogP contribution in [-0.4, -0.2) is 44.5 Å². The lowest BCUT2D eigenvalue weighted by atomic mass is 9.95. The van der Waals surface area contributed by atoms with Gasteiger partial charge in [0.25, 0.3) is 5.56 Å². The minimum absolute atomic E-state index is 0.214. The van der Waals surface area contributed by atoms with Gasteiger partial charge in [-0.15, -0.1) is 0 Å². The van der Waals surface area contributed by atoms with E-state index in [0.717, 1.165) is 18.7 Å². The van der Waals surface area contributed by atoms with Crippen LogP contribution in [0.25, 0.3) is 6.08 Å². The van der Waals surface area contributed by atoms with E-state index in [1.807, 2.05) is 12.1 Å².